The minimum atomic E-state index is -4.56. The van der Waals surface area contributed by atoms with Gasteiger partial charge in [-0.25, -0.2) is 9.97 Å². The van der Waals surface area contributed by atoms with E-state index in [0.29, 0.717) is 11.4 Å². The first kappa shape index (κ1) is 19.3. The molecule has 0 aliphatic carbocycles. The lowest BCUT2D eigenvalue weighted by atomic mass is 9.97. The summed E-state index contributed by atoms with van der Waals surface area (Å²) >= 11 is 5.67. The van der Waals surface area contributed by atoms with Crippen molar-refractivity contribution >= 4 is 11.6 Å². The van der Waals surface area contributed by atoms with E-state index in [0.717, 1.165) is 11.6 Å². The van der Waals surface area contributed by atoms with Crippen LogP contribution in [0.4, 0.5) is 13.2 Å². The molecule has 8 heteroatoms. The van der Waals surface area contributed by atoms with Gasteiger partial charge in [0.25, 0.3) is 0 Å². The number of hydrogen-bond donors (Lipinski definition) is 2. The Labute approximate surface area is 159 Å². The lowest BCUT2D eigenvalue weighted by molar-refractivity contribution is -0.137. The molecule has 0 aliphatic heterocycles. The van der Waals surface area contributed by atoms with Gasteiger partial charge in [-0.2, -0.15) is 13.2 Å². The topological polar surface area (TPSA) is 77.8 Å². The van der Waals surface area contributed by atoms with Gasteiger partial charge in [0.1, 0.15) is 6.33 Å². The third-order valence-corrected chi connectivity index (χ3v) is 4.50. The molecule has 2 aromatic carbocycles. The van der Waals surface area contributed by atoms with Crippen molar-refractivity contribution in [3.05, 3.63) is 82.8 Å². The number of aromatic nitrogens is 2. The molecule has 0 bridgehead atoms. The van der Waals surface area contributed by atoms with Gasteiger partial charge in [-0.15, -0.1) is 0 Å². The van der Waals surface area contributed by atoms with Crippen LogP contribution in [0.25, 0.3) is 11.3 Å². The third kappa shape index (κ3) is 4.27. The standard InChI is InChI=1S/C19H16ClF3N4/c20-14-7-6-12(8-13(14)19(21,22)23)15-9-16(27-10-26-15)18(25)17(24)11-4-2-1-3-5-11/h1-10,17-18H,24-25H2. The minimum absolute atomic E-state index is 0.260. The van der Waals surface area contributed by atoms with Crippen LogP contribution in [0.3, 0.4) is 0 Å². The number of nitrogens with zero attached hydrogens (tertiary/aromatic N) is 2. The van der Waals surface area contributed by atoms with Crippen LogP contribution in [0.2, 0.25) is 5.02 Å². The predicted molar refractivity (Wildman–Crippen MR) is 97.8 cm³/mol. The van der Waals surface area contributed by atoms with Crippen LogP contribution >= 0.6 is 11.6 Å². The van der Waals surface area contributed by atoms with Crippen molar-refractivity contribution in [1.82, 2.24) is 9.97 Å². The highest BCUT2D eigenvalue weighted by atomic mass is 35.5. The molecule has 1 aromatic heterocycles. The van der Waals surface area contributed by atoms with Gasteiger partial charge in [-0.1, -0.05) is 48.0 Å². The number of rotatable bonds is 4. The average Bonchev–Trinajstić information content (AvgIpc) is 2.67. The van der Waals surface area contributed by atoms with E-state index in [1.807, 2.05) is 30.3 Å². The molecule has 4 N–H and O–H groups in total. The molecule has 0 spiro atoms. The minimum Gasteiger partial charge on any atom is -0.322 e. The summed E-state index contributed by atoms with van der Waals surface area (Å²) in [6.45, 7) is 0. The summed E-state index contributed by atoms with van der Waals surface area (Å²) in [5, 5.41) is -0.372. The zero-order valence-corrected chi connectivity index (χ0v) is 14.7. The van der Waals surface area contributed by atoms with Gasteiger partial charge in [-0.3, -0.25) is 0 Å². The van der Waals surface area contributed by atoms with Crippen LogP contribution < -0.4 is 11.5 Å². The second kappa shape index (κ2) is 7.64. The smallest absolute Gasteiger partial charge is 0.322 e. The zero-order chi connectivity index (χ0) is 19.6. The summed E-state index contributed by atoms with van der Waals surface area (Å²) in [6.07, 6.45) is -3.31. The van der Waals surface area contributed by atoms with Crippen LogP contribution in [0.1, 0.15) is 28.9 Å². The summed E-state index contributed by atoms with van der Waals surface area (Å²) in [4.78, 5) is 8.19. The number of hydrogen-bond acceptors (Lipinski definition) is 4. The molecule has 3 rings (SSSR count). The SMILES string of the molecule is NC(c1ccccc1)C(N)c1cc(-c2ccc(Cl)c(C(F)(F)F)c2)ncn1. The fourth-order valence-corrected chi connectivity index (χ4v) is 2.91. The fraction of sp³-hybridized carbons (Fsp3) is 0.158. The average molecular weight is 393 g/mol. The maximum Gasteiger partial charge on any atom is 0.417 e. The molecule has 0 aliphatic rings. The van der Waals surface area contributed by atoms with Crippen molar-refractivity contribution in [2.45, 2.75) is 18.3 Å². The molecule has 0 radical (unpaired) electrons. The fourth-order valence-electron chi connectivity index (χ4n) is 2.68. The highest BCUT2D eigenvalue weighted by Gasteiger charge is 2.33. The van der Waals surface area contributed by atoms with Gasteiger partial charge < -0.3 is 11.5 Å². The Morgan fingerprint density at radius 2 is 1.59 bits per heavy atom. The molecule has 1 heterocycles. The van der Waals surface area contributed by atoms with E-state index >= 15 is 0 Å². The van der Waals surface area contributed by atoms with Crippen LogP contribution in [0, 0.1) is 0 Å². The summed E-state index contributed by atoms with van der Waals surface area (Å²) < 4.78 is 39.3. The molecule has 0 fully saturated rings. The van der Waals surface area contributed by atoms with Gasteiger partial charge in [0, 0.05) is 5.56 Å². The van der Waals surface area contributed by atoms with Crippen molar-refractivity contribution in [3.8, 4) is 11.3 Å². The van der Waals surface area contributed by atoms with Gasteiger partial charge in [-0.05, 0) is 23.8 Å². The molecule has 2 atom stereocenters. The van der Waals surface area contributed by atoms with Crippen LogP contribution in [0.5, 0.6) is 0 Å². The second-order valence-electron chi connectivity index (χ2n) is 5.98. The molecule has 2 unspecified atom stereocenters. The van der Waals surface area contributed by atoms with E-state index in [9.17, 15) is 13.2 Å². The highest BCUT2D eigenvalue weighted by Crippen LogP contribution is 2.37. The quantitative estimate of drug-likeness (QED) is 0.684. The number of alkyl halides is 3. The van der Waals surface area contributed by atoms with E-state index in [1.54, 1.807) is 0 Å². The number of benzene rings is 2. The zero-order valence-electron chi connectivity index (χ0n) is 14.0. The highest BCUT2D eigenvalue weighted by molar-refractivity contribution is 6.31. The Hall–Kier alpha value is -2.48. The van der Waals surface area contributed by atoms with Crippen LogP contribution in [-0.2, 0) is 6.18 Å². The lowest BCUT2D eigenvalue weighted by Gasteiger charge is -2.20. The van der Waals surface area contributed by atoms with E-state index in [-0.39, 0.29) is 10.6 Å². The van der Waals surface area contributed by atoms with Crippen LogP contribution in [0.15, 0.2) is 60.9 Å². The van der Waals surface area contributed by atoms with E-state index < -0.39 is 23.8 Å². The van der Waals surface area contributed by atoms with Gasteiger partial charge >= 0.3 is 6.18 Å². The lowest BCUT2D eigenvalue weighted by Crippen LogP contribution is -2.27. The molecule has 0 saturated carbocycles. The molecule has 0 amide bonds. The maximum absolute atomic E-state index is 13.1. The van der Waals surface area contributed by atoms with E-state index in [4.69, 9.17) is 23.1 Å². The van der Waals surface area contributed by atoms with E-state index in [2.05, 4.69) is 9.97 Å². The Kier molecular flexibility index (Phi) is 5.46. The maximum atomic E-state index is 13.1. The first-order valence-corrected chi connectivity index (χ1v) is 8.40. The monoisotopic (exact) mass is 392 g/mol. The summed E-state index contributed by atoms with van der Waals surface area (Å²) in [7, 11) is 0. The van der Waals surface area contributed by atoms with Gasteiger partial charge in [0.05, 0.1) is 34.1 Å². The first-order valence-electron chi connectivity index (χ1n) is 8.02. The molecule has 27 heavy (non-hydrogen) atoms. The molecule has 0 saturated heterocycles. The van der Waals surface area contributed by atoms with Crippen molar-refractivity contribution in [2.24, 2.45) is 11.5 Å². The largest absolute Gasteiger partial charge is 0.417 e. The van der Waals surface area contributed by atoms with Gasteiger partial charge in [0.15, 0.2) is 0 Å². The Bertz CT molecular complexity index is 932. The number of halogens is 4. The number of nitrogens with two attached hydrogens (primary N) is 2. The first-order chi connectivity index (χ1) is 12.8. The Morgan fingerprint density at radius 3 is 2.26 bits per heavy atom. The second-order valence-corrected chi connectivity index (χ2v) is 6.39. The molecular weight excluding hydrogens is 377 g/mol. The molecule has 4 nitrogen and oxygen atoms in total. The molecular formula is C19H16ClF3N4. The van der Waals surface area contributed by atoms with Crippen molar-refractivity contribution in [3.63, 3.8) is 0 Å². The summed E-state index contributed by atoms with van der Waals surface area (Å²) in [6, 6.07) is 13.2. The predicted octanol–water partition coefficient (Wildman–Crippen LogP) is 4.52. The van der Waals surface area contributed by atoms with Crippen LogP contribution in [-0.4, -0.2) is 9.97 Å². The Balaban J connectivity index is 1.94. The van der Waals surface area contributed by atoms with Crippen molar-refractivity contribution in [1.29, 1.82) is 0 Å². The van der Waals surface area contributed by atoms with Crippen molar-refractivity contribution < 1.29 is 13.2 Å². The third-order valence-electron chi connectivity index (χ3n) is 4.17. The molecule has 140 valence electrons. The van der Waals surface area contributed by atoms with E-state index in [1.165, 1.54) is 24.5 Å². The Morgan fingerprint density at radius 1 is 0.889 bits per heavy atom. The van der Waals surface area contributed by atoms with Crippen molar-refractivity contribution in [2.75, 3.05) is 0 Å². The normalized spacial score (nSPS) is 14.0. The van der Waals surface area contributed by atoms with Gasteiger partial charge in [0.2, 0.25) is 0 Å². The summed E-state index contributed by atoms with van der Waals surface area (Å²) in [5.74, 6) is 0. The molecule has 3 aromatic rings. The summed E-state index contributed by atoms with van der Waals surface area (Å²) in [5.41, 5.74) is 13.3.